The molecule has 0 radical (unpaired) electrons. The largest absolute Gasteiger partial charge is 0.383 e. The average molecular weight is 259 g/mol. The number of fused-ring (bicyclic) bond motifs is 1. The third-order valence-electron chi connectivity index (χ3n) is 3.78. The zero-order valence-corrected chi connectivity index (χ0v) is 11.0. The van der Waals surface area contributed by atoms with Gasteiger partial charge in [-0.1, -0.05) is 6.92 Å². The van der Waals surface area contributed by atoms with Gasteiger partial charge in [0, 0.05) is 12.8 Å². The van der Waals surface area contributed by atoms with Crippen molar-refractivity contribution in [3.8, 4) is 0 Å². The first-order chi connectivity index (χ1) is 9.20. The van der Waals surface area contributed by atoms with E-state index in [0.29, 0.717) is 24.4 Å². The van der Waals surface area contributed by atoms with Crippen molar-refractivity contribution in [2.24, 2.45) is 0 Å². The van der Waals surface area contributed by atoms with Crippen molar-refractivity contribution in [2.75, 3.05) is 5.73 Å². The molecule has 0 amide bonds. The number of aromatic nitrogens is 4. The van der Waals surface area contributed by atoms with Gasteiger partial charge in [0.1, 0.15) is 17.9 Å². The fourth-order valence-corrected chi connectivity index (χ4v) is 2.74. The molecule has 0 spiro atoms. The van der Waals surface area contributed by atoms with Gasteiger partial charge in [-0.25, -0.2) is 14.6 Å². The number of nitrogens with two attached hydrogens (primary N) is 1. The third kappa shape index (κ3) is 1.97. The zero-order valence-electron chi connectivity index (χ0n) is 11.0. The molecule has 0 atom stereocenters. The molecule has 2 heterocycles. The number of anilines is 1. The molecule has 0 aromatic carbocycles. The van der Waals surface area contributed by atoms with E-state index in [1.807, 2.05) is 11.6 Å². The minimum Gasteiger partial charge on any atom is -0.383 e. The summed E-state index contributed by atoms with van der Waals surface area (Å²) in [5.41, 5.74) is 7.67. The molecule has 6 heteroatoms. The number of rotatable bonds is 2. The van der Waals surface area contributed by atoms with E-state index in [9.17, 15) is 4.79 Å². The Bertz CT molecular complexity index is 623. The molecule has 3 rings (SSSR count). The highest BCUT2D eigenvalue weighted by molar-refractivity contribution is 5.88. The van der Waals surface area contributed by atoms with Crippen LogP contribution in [-0.4, -0.2) is 25.5 Å². The summed E-state index contributed by atoms with van der Waals surface area (Å²) in [6.07, 6.45) is 5.21. The highest BCUT2D eigenvalue weighted by Crippen LogP contribution is 2.31. The first kappa shape index (κ1) is 12.1. The summed E-state index contributed by atoms with van der Waals surface area (Å²) in [5.74, 6) is 0.831. The number of ketones is 1. The highest BCUT2D eigenvalue weighted by atomic mass is 16.1. The van der Waals surface area contributed by atoms with E-state index in [4.69, 9.17) is 5.73 Å². The average Bonchev–Trinajstić information content (AvgIpc) is 2.80. The van der Waals surface area contributed by atoms with E-state index in [-0.39, 0.29) is 6.04 Å². The summed E-state index contributed by atoms with van der Waals surface area (Å²) in [6, 6.07) is 0.245. The first-order valence-electron chi connectivity index (χ1n) is 6.70. The Hall–Kier alpha value is -1.98. The molecule has 0 aliphatic heterocycles. The minimum atomic E-state index is 0.245. The molecule has 2 N–H and O–H groups in total. The molecule has 6 nitrogen and oxygen atoms in total. The lowest BCUT2D eigenvalue weighted by Gasteiger charge is -2.21. The Morgan fingerprint density at radius 2 is 2.11 bits per heavy atom. The van der Waals surface area contributed by atoms with Crippen LogP contribution in [0.3, 0.4) is 0 Å². The predicted octanol–water partition coefficient (Wildman–Crippen LogP) is 1.66. The molecule has 2 aromatic heterocycles. The Morgan fingerprint density at radius 1 is 1.37 bits per heavy atom. The van der Waals surface area contributed by atoms with Gasteiger partial charge in [-0.15, -0.1) is 0 Å². The van der Waals surface area contributed by atoms with Crippen LogP contribution in [0.2, 0.25) is 0 Å². The Labute approximate surface area is 111 Å². The maximum Gasteiger partial charge on any atom is 0.163 e. The van der Waals surface area contributed by atoms with Gasteiger partial charge in [0.2, 0.25) is 0 Å². The van der Waals surface area contributed by atoms with Crippen molar-refractivity contribution in [1.82, 2.24) is 19.7 Å². The summed E-state index contributed by atoms with van der Waals surface area (Å²) >= 11 is 0. The molecule has 2 aromatic rings. The molecule has 1 aliphatic rings. The maximum atomic E-state index is 11.3. The maximum absolute atomic E-state index is 11.3. The lowest BCUT2D eigenvalue weighted by atomic mass is 9.94. The van der Waals surface area contributed by atoms with Crippen molar-refractivity contribution in [3.05, 3.63) is 12.0 Å². The summed E-state index contributed by atoms with van der Waals surface area (Å²) in [6.45, 7) is 2.04. The topological polar surface area (TPSA) is 86.7 Å². The van der Waals surface area contributed by atoms with Gasteiger partial charge in [0.25, 0.3) is 0 Å². The lowest BCUT2D eigenvalue weighted by Crippen LogP contribution is -2.19. The fourth-order valence-electron chi connectivity index (χ4n) is 2.74. The van der Waals surface area contributed by atoms with Crippen LogP contribution >= 0.6 is 0 Å². The van der Waals surface area contributed by atoms with Gasteiger partial charge in [-0.2, -0.15) is 5.10 Å². The molecular formula is C13H17N5O. The molecule has 19 heavy (non-hydrogen) atoms. The number of hydrogen-bond donors (Lipinski definition) is 1. The van der Waals surface area contributed by atoms with E-state index < -0.39 is 0 Å². The summed E-state index contributed by atoms with van der Waals surface area (Å²) < 4.78 is 1.94. The number of nitrogens with zero attached hydrogens (tertiary/aromatic N) is 4. The molecule has 0 bridgehead atoms. The second kappa shape index (κ2) is 4.60. The number of aryl methyl sites for hydroxylation is 1. The first-order valence-corrected chi connectivity index (χ1v) is 6.70. The van der Waals surface area contributed by atoms with Gasteiger partial charge in [0.15, 0.2) is 5.65 Å². The molecule has 0 unspecified atom stereocenters. The molecule has 0 saturated heterocycles. The number of Topliss-reactive ketones (excluding diaryl/α,β-unsaturated/α-hetero) is 1. The van der Waals surface area contributed by atoms with Gasteiger partial charge in [-0.05, 0) is 19.3 Å². The van der Waals surface area contributed by atoms with E-state index in [0.717, 1.165) is 36.0 Å². The van der Waals surface area contributed by atoms with Crippen LogP contribution in [-0.2, 0) is 11.2 Å². The van der Waals surface area contributed by atoms with Crippen LogP contribution in [0.5, 0.6) is 0 Å². The molecular weight excluding hydrogens is 242 g/mol. The second-order valence-corrected chi connectivity index (χ2v) is 4.97. The van der Waals surface area contributed by atoms with Crippen LogP contribution in [0.4, 0.5) is 5.82 Å². The summed E-state index contributed by atoms with van der Waals surface area (Å²) in [4.78, 5) is 19.7. The number of carbonyl (C=O) groups excluding carboxylic acids is 1. The molecule has 1 fully saturated rings. The quantitative estimate of drug-likeness (QED) is 0.886. The van der Waals surface area contributed by atoms with Crippen molar-refractivity contribution in [1.29, 1.82) is 0 Å². The van der Waals surface area contributed by atoms with Crippen molar-refractivity contribution < 1.29 is 4.79 Å². The van der Waals surface area contributed by atoms with Crippen LogP contribution in [0, 0.1) is 0 Å². The minimum absolute atomic E-state index is 0.245. The number of hydrogen-bond acceptors (Lipinski definition) is 5. The lowest BCUT2D eigenvalue weighted by molar-refractivity contribution is -0.120. The van der Waals surface area contributed by atoms with Gasteiger partial charge < -0.3 is 5.73 Å². The standard InChI is InChI=1S/C13H17N5O/c1-2-10-11-12(14)15-7-16-13(11)18(17-10)8-3-5-9(19)6-4-8/h7-8H,2-6H2,1H3,(H2,14,15,16). The zero-order chi connectivity index (χ0) is 13.4. The smallest absolute Gasteiger partial charge is 0.163 e. The predicted molar refractivity (Wildman–Crippen MR) is 71.6 cm³/mol. The molecule has 1 saturated carbocycles. The Morgan fingerprint density at radius 3 is 2.79 bits per heavy atom. The van der Waals surface area contributed by atoms with Crippen LogP contribution in [0.15, 0.2) is 6.33 Å². The van der Waals surface area contributed by atoms with E-state index in [1.165, 1.54) is 6.33 Å². The van der Waals surface area contributed by atoms with E-state index in [2.05, 4.69) is 15.1 Å². The van der Waals surface area contributed by atoms with Crippen LogP contribution < -0.4 is 5.73 Å². The van der Waals surface area contributed by atoms with E-state index >= 15 is 0 Å². The normalized spacial score (nSPS) is 17.2. The summed E-state index contributed by atoms with van der Waals surface area (Å²) in [5, 5.41) is 5.50. The second-order valence-electron chi connectivity index (χ2n) is 4.97. The molecule has 100 valence electrons. The third-order valence-corrected chi connectivity index (χ3v) is 3.78. The highest BCUT2D eigenvalue weighted by Gasteiger charge is 2.24. The van der Waals surface area contributed by atoms with E-state index in [1.54, 1.807) is 0 Å². The van der Waals surface area contributed by atoms with Crippen molar-refractivity contribution >= 4 is 22.6 Å². The van der Waals surface area contributed by atoms with Crippen molar-refractivity contribution in [2.45, 2.75) is 45.1 Å². The number of nitrogen functional groups attached to an aromatic ring is 1. The van der Waals surface area contributed by atoms with Gasteiger partial charge in [0.05, 0.1) is 17.1 Å². The van der Waals surface area contributed by atoms with Crippen molar-refractivity contribution in [3.63, 3.8) is 0 Å². The fraction of sp³-hybridized carbons (Fsp3) is 0.538. The SMILES string of the molecule is CCc1nn(C2CCC(=O)CC2)c2ncnc(N)c12. The van der Waals surface area contributed by atoms with Crippen LogP contribution in [0.1, 0.15) is 44.3 Å². The van der Waals surface area contributed by atoms with Crippen LogP contribution in [0.25, 0.3) is 11.0 Å². The number of carbonyl (C=O) groups is 1. The summed E-state index contributed by atoms with van der Waals surface area (Å²) in [7, 11) is 0. The van der Waals surface area contributed by atoms with Gasteiger partial charge in [-0.3, -0.25) is 4.79 Å². The molecule has 1 aliphatic carbocycles. The Kier molecular flexibility index (Phi) is 2.93. The Balaban J connectivity index is 2.09. The monoisotopic (exact) mass is 259 g/mol. The van der Waals surface area contributed by atoms with Gasteiger partial charge >= 0.3 is 0 Å².